The molecule has 2 saturated heterocycles. The van der Waals surface area contributed by atoms with Crippen LogP contribution in [-0.2, 0) is 17.9 Å². The van der Waals surface area contributed by atoms with Crippen LogP contribution in [0.4, 0.5) is 11.4 Å². The van der Waals surface area contributed by atoms with Crippen molar-refractivity contribution in [1.82, 2.24) is 10.2 Å². The van der Waals surface area contributed by atoms with Crippen molar-refractivity contribution in [2.45, 2.75) is 32.4 Å². The van der Waals surface area contributed by atoms with Gasteiger partial charge in [-0.05, 0) is 109 Å². The van der Waals surface area contributed by atoms with Crippen molar-refractivity contribution in [3.8, 4) is 11.1 Å². The number of anilines is 2. The van der Waals surface area contributed by atoms with Crippen molar-refractivity contribution in [1.29, 1.82) is 0 Å². The van der Waals surface area contributed by atoms with Gasteiger partial charge in [0.2, 0.25) is 0 Å². The minimum atomic E-state index is -0.697. The molecular formula is C31H36Cl2N4O2. The van der Waals surface area contributed by atoms with Crippen molar-refractivity contribution in [2.75, 3.05) is 49.5 Å². The van der Waals surface area contributed by atoms with E-state index in [2.05, 4.69) is 62.9 Å². The van der Waals surface area contributed by atoms with Crippen LogP contribution in [0.3, 0.4) is 0 Å². The van der Waals surface area contributed by atoms with Gasteiger partial charge in [-0.3, -0.25) is 9.69 Å². The first-order valence-corrected chi connectivity index (χ1v) is 14.5. The molecule has 0 unspecified atom stereocenters. The fraction of sp³-hybridized carbons (Fsp3) is 0.387. The van der Waals surface area contributed by atoms with E-state index in [9.17, 15) is 4.79 Å². The highest BCUT2D eigenvalue weighted by molar-refractivity contribution is 6.35. The number of carbonyl (C=O) groups is 1. The molecule has 0 spiro atoms. The standard InChI is InChI=1S/C31H36Cl2N4O2/c32-27-17-26(18-28(33)19-27)25-14-23(13-24(15-25)21-36-9-5-22(6-10-36)16-31(38)39)20-35-29-1-3-30(4-2-29)37-11-7-34-8-12-37/h1-4,13-15,17-19,22,34-35H,5-12,16,20-21H2,(H,38,39). The zero-order valence-corrected chi connectivity index (χ0v) is 23.6. The topological polar surface area (TPSA) is 67.8 Å². The number of aliphatic carboxylic acids is 1. The van der Waals surface area contributed by atoms with E-state index in [1.165, 1.54) is 16.8 Å². The SMILES string of the molecule is O=C(O)CC1CCN(Cc2cc(CNc3ccc(N4CCNCC4)cc3)cc(-c3cc(Cl)cc(Cl)c3)c2)CC1. The van der Waals surface area contributed by atoms with E-state index in [4.69, 9.17) is 28.3 Å². The Hall–Kier alpha value is -2.77. The Labute approximate surface area is 240 Å². The van der Waals surface area contributed by atoms with Gasteiger partial charge in [0.1, 0.15) is 0 Å². The van der Waals surface area contributed by atoms with Crippen molar-refractivity contribution in [2.24, 2.45) is 5.92 Å². The number of benzene rings is 3. The van der Waals surface area contributed by atoms with E-state index in [1.807, 2.05) is 12.1 Å². The third kappa shape index (κ3) is 7.89. The predicted octanol–water partition coefficient (Wildman–Crippen LogP) is 6.37. The largest absolute Gasteiger partial charge is 0.481 e. The van der Waals surface area contributed by atoms with Crippen LogP contribution in [-0.4, -0.2) is 55.2 Å². The number of carboxylic acid groups (broad SMARTS) is 1. The third-order valence-corrected chi connectivity index (χ3v) is 8.11. The lowest BCUT2D eigenvalue weighted by atomic mass is 9.93. The first-order chi connectivity index (χ1) is 18.9. The predicted molar refractivity (Wildman–Crippen MR) is 161 cm³/mol. The second kappa shape index (κ2) is 13.1. The number of hydrogen-bond donors (Lipinski definition) is 3. The molecule has 2 aliphatic heterocycles. The van der Waals surface area contributed by atoms with Crippen molar-refractivity contribution in [3.63, 3.8) is 0 Å². The van der Waals surface area contributed by atoms with Crippen LogP contribution < -0.4 is 15.5 Å². The maximum absolute atomic E-state index is 11.1. The number of carboxylic acids is 1. The van der Waals surface area contributed by atoms with E-state index in [-0.39, 0.29) is 12.3 Å². The van der Waals surface area contributed by atoms with Crippen LogP contribution in [0.1, 0.15) is 30.4 Å². The Morgan fingerprint density at radius 1 is 0.872 bits per heavy atom. The van der Waals surface area contributed by atoms with E-state index in [0.717, 1.165) is 75.5 Å². The third-order valence-electron chi connectivity index (χ3n) is 7.67. The first kappa shape index (κ1) is 27.8. The number of nitrogens with zero attached hydrogens (tertiary/aromatic N) is 2. The monoisotopic (exact) mass is 566 g/mol. The average molecular weight is 568 g/mol. The number of halogens is 2. The van der Waals surface area contributed by atoms with Gasteiger partial charge in [0.05, 0.1) is 0 Å². The summed E-state index contributed by atoms with van der Waals surface area (Å²) >= 11 is 12.7. The number of piperazine rings is 1. The molecule has 0 amide bonds. The lowest BCUT2D eigenvalue weighted by molar-refractivity contribution is -0.138. The molecule has 2 aliphatic rings. The quantitative estimate of drug-likeness (QED) is 0.279. The minimum Gasteiger partial charge on any atom is -0.481 e. The summed E-state index contributed by atoms with van der Waals surface area (Å²) in [7, 11) is 0. The molecule has 0 atom stereocenters. The van der Waals surface area contributed by atoms with E-state index < -0.39 is 5.97 Å². The Morgan fingerprint density at radius 3 is 2.18 bits per heavy atom. The van der Waals surface area contributed by atoms with Gasteiger partial charge < -0.3 is 20.6 Å². The molecule has 2 heterocycles. The molecule has 3 N–H and O–H groups in total. The van der Waals surface area contributed by atoms with Crippen molar-refractivity contribution in [3.05, 3.63) is 81.8 Å². The fourth-order valence-electron chi connectivity index (χ4n) is 5.61. The average Bonchev–Trinajstić information content (AvgIpc) is 2.93. The zero-order valence-electron chi connectivity index (χ0n) is 22.1. The molecule has 0 aliphatic carbocycles. The summed E-state index contributed by atoms with van der Waals surface area (Å²) in [6.07, 6.45) is 2.12. The Balaban J connectivity index is 1.30. The van der Waals surface area contributed by atoms with Gasteiger partial charge in [0.25, 0.3) is 0 Å². The fourth-order valence-corrected chi connectivity index (χ4v) is 6.14. The van der Waals surface area contributed by atoms with Crippen LogP contribution >= 0.6 is 23.2 Å². The summed E-state index contributed by atoms with van der Waals surface area (Å²) in [6.45, 7) is 7.47. The number of hydrogen-bond acceptors (Lipinski definition) is 5. The molecular weight excluding hydrogens is 531 g/mol. The smallest absolute Gasteiger partial charge is 0.303 e. The van der Waals surface area contributed by atoms with Gasteiger partial charge >= 0.3 is 5.97 Å². The van der Waals surface area contributed by atoms with Crippen LogP contribution in [0.5, 0.6) is 0 Å². The summed E-state index contributed by atoms with van der Waals surface area (Å²) in [5, 5.41) is 17.4. The van der Waals surface area contributed by atoms with Crippen LogP contribution in [0, 0.1) is 5.92 Å². The lowest BCUT2D eigenvalue weighted by Crippen LogP contribution is -2.43. The summed E-state index contributed by atoms with van der Waals surface area (Å²) in [6, 6.07) is 21.0. The molecule has 8 heteroatoms. The van der Waals surface area contributed by atoms with Gasteiger partial charge in [0, 0.05) is 67.1 Å². The summed E-state index contributed by atoms with van der Waals surface area (Å²) < 4.78 is 0. The number of likely N-dealkylation sites (tertiary alicyclic amines) is 1. The van der Waals surface area contributed by atoms with Gasteiger partial charge in [-0.2, -0.15) is 0 Å². The highest BCUT2D eigenvalue weighted by Gasteiger charge is 2.21. The minimum absolute atomic E-state index is 0.269. The molecule has 39 heavy (non-hydrogen) atoms. The van der Waals surface area contributed by atoms with E-state index >= 15 is 0 Å². The molecule has 2 fully saturated rings. The van der Waals surface area contributed by atoms with Gasteiger partial charge in [-0.1, -0.05) is 29.3 Å². The van der Waals surface area contributed by atoms with E-state index in [1.54, 1.807) is 6.07 Å². The molecule has 3 aromatic carbocycles. The van der Waals surface area contributed by atoms with Crippen LogP contribution in [0.25, 0.3) is 11.1 Å². The molecule has 3 aromatic rings. The lowest BCUT2D eigenvalue weighted by Gasteiger charge is -2.31. The zero-order chi connectivity index (χ0) is 27.2. The summed E-state index contributed by atoms with van der Waals surface area (Å²) in [5.74, 6) is -0.423. The van der Waals surface area contributed by atoms with Crippen LogP contribution in [0.2, 0.25) is 10.0 Å². The van der Waals surface area contributed by atoms with Gasteiger partial charge in [-0.15, -0.1) is 0 Å². The van der Waals surface area contributed by atoms with Gasteiger partial charge in [-0.25, -0.2) is 0 Å². The van der Waals surface area contributed by atoms with Crippen LogP contribution in [0.15, 0.2) is 60.7 Å². The highest BCUT2D eigenvalue weighted by atomic mass is 35.5. The summed E-state index contributed by atoms with van der Waals surface area (Å²) in [4.78, 5) is 15.9. The van der Waals surface area contributed by atoms with Crippen molar-refractivity contribution >= 4 is 40.5 Å². The second-order valence-corrected chi connectivity index (χ2v) is 11.5. The number of rotatable bonds is 9. The van der Waals surface area contributed by atoms with E-state index in [0.29, 0.717) is 16.6 Å². The highest BCUT2D eigenvalue weighted by Crippen LogP contribution is 2.30. The maximum atomic E-state index is 11.1. The Morgan fingerprint density at radius 2 is 1.51 bits per heavy atom. The number of nitrogens with one attached hydrogen (secondary N) is 2. The molecule has 0 radical (unpaired) electrons. The molecule has 206 valence electrons. The Kier molecular flexibility index (Phi) is 9.30. The van der Waals surface area contributed by atoms with Crippen molar-refractivity contribution < 1.29 is 9.90 Å². The first-order valence-electron chi connectivity index (χ1n) is 13.7. The molecule has 0 saturated carbocycles. The maximum Gasteiger partial charge on any atom is 0.303 e. The summed E-state index contributed by atoms with van der Waals surface area (Å²) in [5.41, 5.74) is 6.85. The molecule has 6 nitrogen and oxygen atoms in total. The molecule has 0 bridgehead atoms. The number of piperidine rings is 1. The second-order valence-electron chi connectivity index (χ2n) is 10.7. The Bertz CT molecular complexity index is 1250. The van der Waals surface area contributed by atoms with Gasteiger partial charge in [0.15, 0.2) is 0 Å². The molecule has 0 aromatic heterocycles. The normalized spacial score (nSPS) is 16.8. The molecule has 5 rings (SSSR count).